The highest BCUT2D eigenvalue weighted by molar-refractivity contribution is 5.94. The molecule has 1 saturated carbocycles. The second kappa shape index (κ2) is 6.15. The standard InChI is InChI=1S/C20H23N5O2/c1-19(2,12-23-27)16-9-13-15(11-22-16)24-18(26)14(10-21)17(13)25-7-5-20(3-4-20)6-8-25/h9,11H,3-8,12H2,1-2H3,(H,24,26). The molecule has 7 nitrogen and oxygen atoms in total. The van der Waals surface area contributed by atoms with Gasteiger partial charge >= 0.3 is 0 Å². The average molecular weight is 365 g/mol. The van der Waals surface area contributed by atoms with E-state index in [2.05, 4.69) is 26.1 Å². The third kappa shape index (κ3) is 2.99. The van der Waals surface area contributed by atoms with Gasteiger partial charge in [0.25, 0.3) is 5.56 Å². The molecule has 1 N–H and O–H groups in total. The molecule has 7 heteroatoms. The van der Waals surface area contributed by atoms with E-state index >= 15 is 0 Å². The minimum Gasteiger partial charge on any atom is -0.370 e. The largest absolute Gasteiger partial charge is 0.370 e. The molecule has 3 heterocycles. The van der Waals surface area contributed by atoms with Crippen molar-refractivity contribution in [1.82, 2.24) is 9.97 Å². The summed E-state index contributed by atoms with van der Waals surface area (Å²) in [5.74, 6) is 0. The fourth-order valence-electron chi connectivity index (χ4n) is 4.10. The molecular formula is C20H23N5O2. The zero-order valence-corrected chi connectivity index (χ0v) is 15.7. The number of hydrogen-bond acceptors (Lipinski definition) is 6. The molecule has 2 aromatic heterocycles. The molecule has 2 fully saturated rings. The van der Waals surface area contributed by atoms with Crippen LogP contribution in [0.2, 0.25) is 0 Å². The molecule has 0 aromatic carbocycles. The van der Waals surface area contributed by atoms with Gasteiger partial charge in [-0.1, -0.05) is 19.0 Å². The lowest BCUT2D eigenvalue weighted by atomic mass is 9.88. The normalized spacial score (nSPS) is 18.5. The van der Waals surface area contributed by atoms with E-state index in [1.807, 2.05) is 19.9 Å². The first-order valence-corrected chi connectivity index (χ1v) is 9.40. The Morgan fingerprint density at radius 3 is 2.63 bits per heavy atom. The summed E-state index contributed by atoms with van der Waals surface area (Å²) in [5, 5.41) is 13.5. The summed E-state index contributed by atoms with van der Waals surface area (Å²) in [6.07, 6.45) is 6.41. The fourth-order valence-corrected chi connectivity index (χ4v) is 4.10. The number of aromatic amines is 1. The van der Waals surface area contributed by atoms with Crippen LogP contribution in [-0.2, 0) is 5.41 Å². The van der Waals surface area contributed by atoms with Crippen LogP contribution in [0.25, 0.3) is 10.9 Å². The zero-order chi connectivity index (χ0) is 19.2. The van der Waals surface area contributed by atoms with Gasteiger partial charge in [-0.2, -0.15) is 10.2 Å². The monoisotopic (exact) mass is 365 g/mol. The summed E-state index contributed by atoms with van der Waals surface area (Å²) < 4.78 is 0. The molecular weight excluding hydrogens is 342 g/mol. The molecule has 2 aliphatic rings. The molecule has 0 atom stereocenters. The van der Waals surface area contributed by atoms with Gasteiger partial charge in [0, 0.05) is 29.6 Å². The van der Waals surface area contributed by atoms with E-state index in [1.165, 1.54) is 12.8 Å². The van der Waals surface area contributed by atoms with E-state index in [1.54, 1.807) is 6.20 Å². The van der Waals surface area contributed by atoms with Crippen LogP contribution in [0.15, 0.2) is 22.2 Å². The van der Waals surface area contributed by atoms with Crippen LogP contribution in [0.3, 0.4) is 0 Å². The second-order valence-corrected chi connectivity index (χ2v) is 8.56. The molecule has 0 unspecified atom stereocenters. The maximum atomic E-state index is 12.5. The number of anilines is 1. The minimum absolute atomic E-state index is 0.113. The summed E-state index contributed by atoms with van der Waals surface area (Å²) >= 11 is 0. The molecule has 0 bridgehead atoms. The molecule has 140 valence electrons. The van der Waals surface area contributed by atoms with E-state index < -0.39 is 5.41 Å². The number of hydrogen-bond donors (Lipinski definition) is 1. The Kier molecular flexibility index (Phi) is 4.02. The molecule has 1 spiro atoms. The van der Waals surface area contributed by atoms with Gasteiger partial charge in [0.15, 0.2) is 0 Å². The predicted molar refractivity (Wildman–Crippen MR) is 104 cm³/mol. The van der Waals surface area contributed by atoms with Crippen LogP contribution in [0.1, 0.15) is 50.8 Å². The van der Waals surface area contributed by atoms with E-state index in [4.69, 9.17) is 0 Å². The van der Waals surface area contributed by atoms with Crippen molar-refractivity contribution in [1.29, 1.82) is 5.26 Å². The molecule has 1 aliphatic heterocycles. The van der Waals surface area contributed by atoms with Gasteiger partial charge in [0.2, 0.25) is 0 Å². The Labute approximate surface area is 157 Å². The van der Waals surface area contributed by atoms with E-state index in [-0.39, 0.29) is 17.7 Å². The van der Waals surface area contributed by atoms with Gasteiger partial charge in [0.1, 0.15) is 11.6 Å². The maximum Gasteiger partial charge on any atom is 0.268 e. The van der Waals surface area contributed by atoms with Crippen molar-refractivity contribution in [3.63, 3.8) is 0 Å². The zero-order valence-electron chi connectivity index (χ0n) is 15.7. The number of piperidine rings is 1. The number of nitrogens with one attached hydrogen (secondary N) is 1. The second-order valence-electron chi connectivity index (χ2n) is 8.56. The lowest BCUT2D eigenvalue weighted by molar-refractivity contribution is 0.385. The van der Waals surface area contributed by atoms with Crippen LogP contribution in [0.4, 0.5) is 5.69 Å². The lowest BCUT2D eigenvalue weighted by Gasteiger charge is -2.35. The van der Waals surface area contributed by atoms with Crippen LogP contribution >= 0.6 is 0 Å². The van der Waals surface area contributed by atoms with E-state index in [9.17, 15) is 15.0 Å². The number of pyridine rings is 2. The molecule has 27 heavy (non-hydrogen) atoms. The topological polar surface area (TPSA) is 102 Å². The first-order chi connectivity index (χ1) is 12.9. The number of nitroso groups, excluding NO2 is 1. The smallest absolute Gasteiger partial charge is 0.268 e. The molecule has 1 aliphatic carbocycles. The summed E-state index contributed by atoms with van der Waals surface area (Å²) in [5.41, 5.74) is 1.79. The Bertz CT molecular complexity index is 1000. The fraction of sp³-hybridized carbons (Fsp3) is 0.550. The summed E-state index contributed by atoms with van der Waals surface area (Å²) in [7, 11) is 0. The van der Waals surface area contributed by atoms with Crippen molar-refractivity contribution in [2.45, 2.75) is 44.9 Å². The van der Waals surface area contributed by atoms with Gasteiger partial charge in [-0.3, -0.25) is 9.78 Å². The Morgan fingerprint density at radius 1 is 1.33 bits per heavy atom. The number of H-pyrrole nitrogens is 1. The Hall–Kier alpha value is -2.75. The number of nitriles is 1. The van der Waals surface area contributed by atoms with Crippen molar-refractivity contribution in [3.05, 3.63) is 38.8 Å². The quantitative estimate of drug-likeness (QED) is 0.838. The molecule has 2 aromatic rings. The van der Waals surface area contributed by atoms with Gasteiger partial charge in [-0.25, -0.2) is 0 Å². The highest BCUT2D eigenvalue weighted by Gasteiger charge is 2.44. The van der Waals surface area contributed by atoms with Crippen LogP contribution in [-0.4, -0.2) is 29.6 Å². The van der Waals surface area contributed by atoms with Gasteiger partial charge in [0.05, 0.1) is 23.9 Å². The number of nitrogens with zero attached hydrogens (tertiary/aromatic N) is 4. The lowest BCUT2D eigenvalue weighted by Crippen LogP contribution is -2.36. The van der Waals surface area contributed by atoms with Crippen molar-refractivity contribution >= 4 is 16.6 Å². The van der Waals surface area contributed by atoms with Gasteiger partial charge in [-0.15, -0.1) is 0 Å². The first kappa shape index (κ1) is 17.7. The van der Waals surface area contributed by atoms with Crippen LogP contribution < -0.4 is 10.5 Å². The number of rotatable bonds is 4. The first-order valence-electron chi connectivity index (χ1n) is 9.40. The average Bonchev–Trinajstić information content (AvgIpc) is 3.40. The minimum atomic E-state index is -0.518. The third-order valence-electron chi connectivity index (χ3n) is 6.23. The molecule has 1 saturated heterocycles. The van der Waals surface area contributed by atoms with Crippen molar-refractivity contribution in [2.75, 3.05) is 24.5 Å². The van der Waals surface area contributed by atoms with Gasteiger partial charge in [-0.05, 0) is 37.2 Å². The summed E-state index contributed by atoms with van der Waals surface area (Å²) in [4.78, 5) is 32.7. The molecule has 0 amide bonds. The molecule has 4 rings (SSSR count). The van der Waals surface area contributed by atoms with E-state index in [0.29, 0.717) is 16.6 Å². The number of fused-ring (bicyclic) bond motifs is 1. The summed E-state index contributed by atoms with van der Waals surface area (Å²) in [6.45, 7) is 5.64. The Balaban J connectivity index is 1.87. The van der Waals surface area contributed by atoms with Crippen molar-refractivity contribution in [3.8, 4) is 6.07 Å². The highest BCUT2D eigenvalue weighted by Crippen LogP contribution is 2.54. The summed E-state index contributed by atoms with van der Waals surface area (Å²) in [6, 6.07) is 4.00. The maximum absolute atomic E-state index is 12.5. The van der Waals surface area contributed by atoms with Crippen LogP contribution in [0, 0.1) is 21.7 Å². The van der Waals surface area contributed by atoms with E-state index in [0.717, 1.165) is 37.0 Å². The third-order valence-corrected chi connectivity index (χ3v) is 6.23. The van der Waals surface area contributed by atoms with Crippen molar-refractivity contribution in [2.24, 2.45) is 10.6 Å². The van der Waals surface area contributed by atoms with Gasteiger partial charge < -0.3 is 9.88 Å². The predicted octanol–water partition coefficient (Wildman–Crippen LogP) is 3.22. The SMILES string of the molecule is CC(C)(CN=O)c1cc2c(N3CCC4(CC3)CC4)c(C#N)c(=O)[nH]c2cn1. The van der Waals surface area contributed by atoms with Crippen LogP contribution in [0.5, 0.6) is 0 Å². The van der Waals surface area contributed by atoms with Crippen molar-refractivity contribution < 1.29 is 0 Å². The number of aromatic nitrogens is 2. The highest BCUT2D eigenvalue weighted by atomic mass is 16.3. The molecule has 0 radical (unpaired) electrons. The Morgan fingerprint density at radius 2 is 2.04 bits per heavy atom.